The Labute approximate surface area is 92.4 Å². The second-order valence-corrected chi connectivity index (χ2v) is 3.28. The number of aromatic hydroxyl groups is 1. The van der Waals surface area contributed by atoms with Gasteiger partial charge in [0, 0.05) is 11.8 Å². The molecule has 3 N–H and O–H groups in total. The summed E-state index contributed by atoms with van der Waals surface area (Å²) in [6.07, 6.45) is 1.55. The predicted octanol–water partition coefficient (Wildman–Crippen LogP) is 1.55. The lowest BCUT2D eigenvalue weighted by molar-refractivity contribution is 0.100. The monoisotopic (exact) mass is 214 g/mol. The first-order valence-corrected chi connectivity index (χ1v) is 4.73. The largest absolute Gasteiger partial charge is 0.507 e. The summed E-state index contributed by atoms with van der Waals surface area (Å²) in [6.45, 7) is 0. The van der Waals surface area contributed by atoms with Crippen molar-refractivity contribution in [2.75, 3.05) is 0 Å². The molecule has 2 rings (SSSR count). The van der Waals surface area contributed by atoms with Crippen LogP contribution in [0, 0.1) is 0 Å². The number of hydrogen-bond acceptors (Lipinski definition) is 3. The van der Waals surface area contributed by atoms with Gasteiger partial charge >= 0.3 is 0 Å². The van der Waals surface area contributed by atoms with E-state index in [1.807, 2.05) is 0 Å². The molecule has 0 fully saturated rings. The van der Waals surface area contributed by atoms with Crippen LogP contribution in [0.15, 0.2) is 42.6 Å². The summed E-state index contributed by atoms with van der Waals surface area (Å²) in [6, 6.07) is 9.89. The number of pyridine rings is 1. The summed E-state index contributed by atoms with van der Waals surface area (Å²) in [5.41, 5.74) is 6.43. The molecule has 0 spiro atoms. The van der Waals surface area contributed by atoms with Crippen molar-refractivity contribution in [2.24, 2.45) is 5.73 Å². The Hall–Kier alpha value is -2.36. The second-order valence-electron chi connectivity index (χ2n) is 3.28. The van der Waals surface area contributed by atoms with Gasteiger partial charge in [-0.3, -0.25) is 9.78 Å². The van der Waals surface area contributed by atoms with E-state index in [0.29, 0.717) is 16.8 Å². The Balaban J connectivity index is 2.65. The Morgan fingerprint density at radius 2 is 1.94 bits per heavy atom. The fourth-order valence-electron chi connectivity index (χ4n) is 1.49. The third kappa shape index (κ3) is 1.72. The fourth-order valence-corrected chi connectivity index (χ4v) is 1.49. The van der Waals surface area contributed by atoms with Gasteiger partial charge in [-0.05, 0) is 24.3 Å². The quantitative estimate of drug-likeness (QED) is 0.796. The normalized spacial score (nSPS) is 10.0. The molecule has 0 atom stereocenters. The van der Waals surface area contributed by atoms with Gasteiger partial charge < -0.3 is 10.8 Å². The van der Waals surface area contributed by atoms with Crippen molar-refractivity contribution in [1.82, 2.24) is 4.98 Å². The number of rotatable bonds is 2. The number of amides is 1. The number of carbonyl (C=O) groups excluding carboxylic acids is 1. The number of aromatic nitrogens is 1. The Kier molecular flexibility index (Phi) is 2.55. The summed E-state index contributed by atoms with van der Waals surface area (Å²) in [4.78, 5) is 15.3. The minimum Gasteiger partial charge on any atom is -0.507 e. The molecule has 16 heavy (non-hydrogen) atoms. The van der Waals surface area contributed by atoms with Crippen LogP contribution >= 0.6 is 0 Å². The number of phenols is 1. The molecule has 1 heterocycles. The first-order chi connectivity index (χ1) is 7.70. The Morgan fingerprint density at radius 3 is 2.62 bits per heavy atom. The number of carbonyl (C=O) groups is 1. The van der Waals surface area contributed by atoms with Gasteiger partial charge in [0.15, 0.2) is 0 Å². The van der Waals surface area contributed by atoms with Crippen LogP contribution in [-0.4, -0.2) is 16.0 Å². The summed E-state index contributed by atoms with van der Waals surface area (Å²) in [5, 5.41) is 9.68. The molecule has 1 aromatic carbocycles. The molecule has 4 heteroatoms. The van der Waals surface area contributed by atoms with Crippen molar-refractivity contribution in [3.05, 3.63) is 48.2 Å². The molecular formula is C12H10N2O2. The smallest absolute Gasteiger partial charge is 0.250 e. The van der Waals surface area contributed by atoms with Crippen LogP contribution in [-0.2, 0) is 0 Å². The number of nitrogens with two attached hydrogens (primary N) is 1. The van der Waals surface area contributed by atoms with Crippen molar-refractivity contribution in [1.29, 1.82) is 0 Å². The molecule has 0 bridgehead atoms. The van der Waals surface area contributed by atoms with E-state index in [2.05, 4.69) is 4.98 Å². The third-order valence-corrected chi connectivity index (χ3v) is 2.23. The number of primary amides is 1. The topological polar surface area (TPSA) is 76.2 Å². The van der Waals surface area contributed by atoms with Crippen LogP contribution in [0.5, 0.6) is 5.75 Å². The standard InChI is InChI=1S/C12H10N2O2/c13-12(16)9-5-3-7-14-11(9)8-4-1-2-6-10(8)15/h1-7,15H,(H2,13,16). The van der Waals surface area contributed by atoms with Gasteiger partial charge in [-0.2, -0.15) is 0 Å². The molecule has 2 aromatic rings. The van der Waals surface area contributed by atoms with E-state index in [1.165, 1.54) is 6.07 Å². The maximum absolute atomic E-state index is 11.2. The predicted molar refractivity (Wildman–Crippen MR) is 59.9 cm³/mol. The van der Waals surface area contributed by atoms with E-state index in [4.69, 9.17) is 5.73 Å². The average Bonchev–Trinajstić information content (AvgIpc) is 2.29. The van der Waals surface area contributed by atoms with Crippen LogP contribution < -0.4 is 5.73 Å². The number of para-hydroxylation sites is 1. The Morgan fingerprint density at radius 1 is 1.19 bits per heavy atom. The first kappa shape index (κ1) is 10.2. The molecular weight excluding hydrogens is 204 g/mol. The lowest BCUT2D eigenvalue weighted by atomic mass is 10.0. The van der Waals surface area contributed by atoms with E-state index in [-0.39, 0.29) is 5.75 Å². The zero-order chi connectivity index (χ0) is 11.5. The Bertz CT molecular complexity index is 538. The zero-order valence-corrected chi connectivity index (χ0v) is 8.42. The highest BCUT2D eigenvalue weighted by Crippen LogP contribution is 2.28. The van der Waals surface area contributed by atoms with Crippen molar-refractivity contribution in [2.45, 2.75) is 0 Å². The number of hydrogen-bond donors (Lipinski definition) is 2. The maximum atomic E-state index is 11.2. The zero-order valence-electron chi connectivity index (χ0n) is 8.42. The average molecular weight is 214 g/mol. The molecule has 1 amide bonds. The first-order valence-electron chi connectivity index (χ1n) is 4.73. The van der Waals surface area contributed by atoms with Gasteiger partial charge in [0.2, 0.25) is 0 Å². The number of nitrogens with zero attached hydrogens (tertiary/aromatic N) is 1. The van der Waals surface area contributed by atoms with Crippen LogP contribution in [0.1, 0.15) is 10.4 Å². The van der Waals surface area contributed by atoms with Gasteiger partial charge in [0.25, 0.3) is 5.91 Å². The lowest BCUT2D eigenvalue weighted by Crippen LogP contribution is -2.13. The van der Waals surface area contributed by atoms with Crippen LogP contribution in [0.3, 0.4) is 0 Å². The molecule has 0 aliphatic rings. The third-order valence-electron chi connectivity index (χ3n) is 2.23. The molecule has 1 aromatic heterocycles. The van der Waals surface area contributed by atoms with Gasteiger partial charge in [-0.1, -0.05) is 12.1 Å². The van der Waals surface area contributed by atoms with E-state index in [9.17, 15) is 9.90 Å². The molecule has 0 unspecified atom stereocenters. The molecule has 4 nitrogen and oxygen atoms in total. The molecule has 0 aliphatic heterocycles. The van der Waals surface area contributed by atoms with Crippen molar-refractivity contribution < 1.29 is 9.90 Å². The second kappa shape index (κ2) is 4.02. The van der Waals surface area contributed by atoms with Crippen LogP contribution in [0.25, 0.3) is 11.3 Å². The van der Waals surface area contributed by atoms with Gasteiger partial charge in [-0.15, -0.1) is 0 Å². The summed E-state index contributed by atoms with van der Waals surface area (Å²) in [5.74, 6) is -0.491. The SMILES string of the molecule is NC(=O)c1cccnc1-c1ccccc1O. The summed E-state index contributed by atoms with van der Waals surface area (Å²) in [7, 11) is 0. The minimum absolute atomic E-state index is 0.0729. The summed E-state index contributed by atoms with van der Waals surface area (Å²) < 4.78 is 0. The highest BCUT2D eigenvalue weighted by molar-refractivity contribution is 5.99. The van der Waals surface area contributed by atoms with Crippen LogP contribution in [0.2, 0.25) is 0 Å². The minimum atomic E-state index is -0.564. The van der Waals surface area contributed by atoms with Crippen molar-refractivity contribution in [3.8, 4) is 17.0 Å². The van der Waals surface area contributed by atoms with E-state index in [1.54, 1.807) is 36.5 Å². The van der Waals surface area contributed by atoms with Gasteiger partial charge in [0.1, 0.15) is 5.75 Å². The highest BCUT2D eigenvalue weighted by atomic mass is 16.3. The van der Waals surface area contributed by atoms with Crippen LogP contribution in [0.4, 0.5) is 0 Å². The number of phenolic OH excluding ortho intramolecular Hbond substituents is 1. The van der Waals surface area contributed by atoms with E-state index < -0.39 is 5.91 Å². The van der Waals surface area contributed by atoms with E-state index in [0.717, 1.165) is 0 Å². The highest BCUT2D eigenvalue weighted by Gasteiger charge is 2.13. The molecule has 0 saturated carbocycles. The molecule has 80 valence electrons. The van der Waals surface area contributed by atoms with Gasteiger partial charge in [-0.25, -0.2) is 0 Å². The number of benzene rings is 1. The van der Waals surface area contributed by atoms with Crippen molar-refractivity contribution >= 4 is 5.91 Å². The van der Waals surface area contributed by atoms with Crippen molar-refractivity contribution in [3.63, 3.8) is 0 Å². The fraction of sp³-hybridized carbons (Fsp3) is 0. The summed E-state index contributed by atoms with van der Waals surface area (Å²) >= 11 is 0. The maximum Gasteiger partial charge on any atom is 0.250 e. The molecule has 0 radical (unpaired) electrons. The molecule has 0 aliphatic carbocycles. The molecule has 0 saturated heterocycles. The van der Waals surface area contributed by atoms with E-state index >= 15 is 0 Å². The van der Waals surface area contributed by atoms with Gasteiger partial charge in [0.05, 0.1) is 11.3 Å². The lowest BCUT2D eigenvalue weighted by Gasteiger charge is -2.06.